The number of carbonyl (C=O) groups excluding carboxylic acids is 2. The van der Waals surface area contributed by atoms with Crippen LogP contribution in [0.5, 0.6) is 5.75 Å². The number of rotatable bonds is 8. The van der Waals surface area contributed by atoms with Crippen molar-refractivity contribution in [2.75, 3.05) is 32.8 Å². The van der Waals surface area contributed by atoms with Crippen LogP contribution in [0.4, 0.5) is 5.82 Å². The highest BCUT2D eigenvalue weighted by Crippen LogP contribution is 2.34. The molecule has 0 radical (unpaired) electrons. The van der Waals surface area contributed by atoms with Crippen molar-refractivity contribution in [1.29, 1.82) is 0 Å². The number of amides is 1. The second-order valence-corrected chi connectivity index (χ2v) is 7.35. The molecule has 3 aromatic rings. The van der Waals surface area contributed by atoms with Gasteiger partial charge in [0.05, 0.1) is 20.0 Å². The molecule has 0 bridgehead atoms. The molecule has 0 unspecified atom stereocenters. The van der Waals surface area contributed by atoms with Gasteiger partial charge in [-0.1, -0.05) is 0 Å². The Morgan fingerprint density at radius 1 is 1.18 bits per heavy atom. The number of methoxy groups -OCH3 is 2. The number of ether oxygens (including phenoxy) is 4. The number of nitrogens with zero attached hydrogens (tertiary/aromatic N) is 4. The summed E-state index contributed by atoms with van der Waals surface area (Å²) in [6.45, 7) is -0.812. The van der Waals surface area contributed by atoms with Gasteiger partial charge in [-0.15, -0.1) is 0 Å². The Bertz CT molecular complexity index is 1170. The van der Waals surface area contributed by atoms with Gasteiger partial charge in [0.1, 0.15) is 30.9 Å². The number of carbonyl (C=O) groups is 2. The van der Waals surface area contributed by atoms with E-state index in [4.69, 9.17) is 18.9 Å². The summed E-state index contributed by atoms with van der Waals surface area (Å²) in [5.74, 6) is -0.364. The number of imidazole rings is 1. The number of aromatic nitrogens is 4. The molecule has 4 atom stereocenters. The van der Waals surface area contributed by atoms with Crippen LogP contribution in [0.25, 0.3) is 11.2 Å². The van der Waals surface area contributed by atoms with E-state index in [1.807, 2.05) is 0 Å². The summed E-state index contributed by atoms with van der Waals surface area (Å²) in [5.41, 5.74) is 0.887. The summed E-state index contributed by atoms with van der Waals surface area (Å²) < 4.78 is 22.2. The van der Waals surface area contributed by atoms with Crippen LogP contribution in [0.15, 0.2) is 36.9 Å². The monoisotopic (exact) mass is 473 g/mol. The predicted molar refractivity (Wildman–Crippen MR) is 115 cm³/mol. The van der Waals surface area contributed by atoms with Gasteiger partial charge in [-0.05, 0) is 24.3 Å². The summed E-state index contributed by atoms with van der Waals surface area (Å²) in [7, 11) is 2.86. The van der Waals surface area contributed by atoms with Crippen molar-refractivity contribution in [2.24, 2.45) is 0 Å². The van der Waals surface area contributed by atoms with Crippen LogP contribution in [0, 0.1) is 0 Å². The Kier molecular flexibility index (Phi) is 6.98. The van der Waals surface area contributed by atoms with Crippen molar-refractivity contribution in [3.05, 3.63) is 42.5 Å². The lowest BCUT2D eigenvalue weighted by Gasteiger charge is -2.19. The van der Waals surface area contributed by atoms with Crippen molar-refractivity contribution < 1.29 is 38.7 Å². The van der Waals surface area contributed by atoms with Gasteiger partial charge in [0.15, 0.2) is 29.3 Å². The van der Waals surface area contributed by atoms with Crippen LogP contribution in [0.1, 0.15) is 16.6 Å². The highest BCUT2D eigenvalue weighted by atomic mass is 16.6. The molecule has 34 heavy (non-hydrogen) atoms. The van der Waals surface area contributed by atoms with Gasteiger partial charge in [0, 0.05) is 12.7 Å². The quantitative estimate of drug-likeness (QED) is 0.374. The fourth-order valence-corrected chi connectivity index (χ4v) is 3.60. The number of hydrogen-bond acceptors (Lipinski definition) is 11. The summed E-state index contributed by atoms with van der Waals surface area (Å²) in [5, 5.41) is 23.1. The van der Waals surface area contributed by atoms with E-state index in [-0.39, 0.29) is 23.6 Å². The van der Waals surface area contributed by atoms with Crippen molar-refractivity contribution >= 4 is 28.9 Å². The second-order valence-electron chi connectivity index (χ2n) is 7.35. The van der Waals surface area contributed by atoms with Crippen molar-refractivity contribution in [1.82, 2.24) is 19.5 Å². The molecule has 0 spiro atoms. The lowest BCUT2D eigenvalue weighted by Crippen LogP contribution is -2.38. The van der Waals surface area contributed by atoms with Gasteiger partial charge in [-0.3, -0.25) is 9.36 Å². The number of hydrogen-bond donors (Lipinski definition) is 3. The van der Waals surface area contributed by atoms with E-state index in [1.165, 1.54) is 31.4 Å². The van der Waals surface area contributed by atoms with E-state index >= 15 is 0 Å². The molecular weight excluding hydrogens is 450 g/mol. The molecule has 1 aliphatic rings. The van der Waals surface area contributed by atoms with Crippen LogP contribution in [0.2, 0.25) is 0 Å². The molecule has 1 amide bonds. The summed E-state index contributed by atoms with van der Waals surface area (Å²) in [6, 6.07) is 6.53. The molecule has 180 valence electrons. The Morgan fingerprint density at radius 3 is 2.62 bits per heavy atom. The molecule has 13 nitrogen and oxygen atoms in total. The molecule has 13 heteroatoms. The standard InChI is InChI=1S/C21H23N5O8/c1-31-8-14(28)34-17-13(7-27)33-21(16(17)29)26-10-24-15-18(22-9-23-19(15)26)25-20(30)11-3-5-12(32-2)6-4-11/h3-6,9-10,13,16-17,21,27,29H,7-8H2,1-2H3,(H,22,23,25,30)/t13-,16-,17-,21-/m1/s1. The Morgan fingerprint density at radius 2 is 1.94 bits per heavy atom. The smallest absolute Gasteiger partial charge is 0.332 e. The number of nitrogens with one attached hydrogen (secondary N) is 1. The van der Waals surface area contributed by atoms with E-state index in [0.717, 1.165) is 0 Å². The van der Waals surface area contributed by atoms with Crippen molar-refractivity contribution in [3.8, 4) is 5.75 Å². The first-order valence-electron chi connectivity index (χ1n) is 10.2. The number of benzene rings is 1. The largest absolute Gasteiger partial charge is 0.497 e. The van der Waals surface area contributed by atoms with E-state index < -0.39 is 43.0 Å². The summed E-state index contributed by atoms with van der Waals surface area (Å²) in [6.07, 6.45) is -1.93. The van der Waals surface area contributed by atoms with Gasteiger partial charge in [-0.2, -0.15) is 0 Å². The highest BCUT2D eigenvalue weighted by Gasteiger charge is 2.47. The maximum Gasteiger partial charge on any atom is 0.332 e. The third kappa shape index (κ3) is 4.54. The van der Waals surface area contributed by atoms with Crippen LogP contribution in [-0.4, -0.2) is 87.4 Å². The molecule has 1 saturated heterocycles. The summed E-state index contributed by atoms with van der Waals surface area (Å²) >= 11 is 0. The Balaban J connectivity index is 1.57. The maximum absolute atomic E-state index is 12.7. The van der Waals surface area contributed by atoms with Crippen LogP contribution >= 0.6 is 0 Å². The second kappa shape index (κ2) is 10.1. The molecule has 0 saturated carbocycles. The first-order chi connectivity index (χ1) is 16.5. The van der Waals surface area contributed by atoms with Crippen molar-refractivity contribution in [2.45, 2.75) is 24.5 Å². The van der Waals surface area contributed by atoms with Gasteiger partial charge >= 0.3 is 5.97 Å². The zero-order chi connectivity index (χ0) is 24.2. The van der Waals surface area contributed by atoms with Crippen LogP contribution < -0.4 is 10.1 Å². The third-order valence-corrected chi connectivity index (χ3v) is 5.24. The van der Waals surface area contributed by atoms with Crippen LogP contribution in [0.3, 0.4) is 0 Å². The molecular formula is C21H23N5O8. The Hall–Kier alpha value is -3.65. The topological polar surface area (TPSA) is 167 Å². The molecule has 4 rings (SSSR count). The minimum Gasteiger partial charge on any atom is -0.497 e. The first-order valence-corrected chi connectivity index (χ1v) is 10.2. The zero-order valence-electron chi connectivity index (χ0n) is 18.3. The fourth-order valence-electron chi connectivity index (χ4n) is 3.60. The zero-order valence-corrected chi connectivity index (χ0v) is 18.3. The number of esters is 1. The van der Waals surface area contributed by atoms with E-state index in [2.05, 4.69) is 20.3 Å². The van der Waals surface area contributed by atoms with E-state index in [0.29, 0.717) is 11.3 Å². The summed E-state index contributed by atoms with van der Waals surface area (Å²) in [4.78, 5) is 37.0. The maximum atomic E-state index is 12.7. The SMILES string of the molecule is COCC(=O)O[C@H]1[C@@H](O)[C@H](n2cnc3c(NC(=O)c4ccc(OC)cc4)ncnc32)O[C@@H]1CO. The normalized spacial score (nSPS) is 22.0. The number of aliphatic hydroxyl groups is 2. The predicted octanol–water partition coefficient (Wildman–Crippen LogP) is -0.104. The van der Waals surface area contributed by atoms with Gasteiger partial charge in [-0.25, -0.2) is 19.7 Å². The minimum atomic E-state index is -1.33. The molecule has 3 heterocycles. The van der Waals surface area contributed by atoms with E-state index in [9.17, 15) is 19.8 Å². The lowest BCUT2D eigenvalue weighted by molar-refractivity contribution is -0.160. The third-order valence-electron chi connectivity index (χ3n) is 5.24. The van der Waals surface area contributed by atoms with E-state index in [1.54, 1.807) is 24.3 Å². The van der Waals surface area contributed by atoms with Gasteiger partial charge < -0.3 is 34.5 Å². The molecule has 1 aromatic carbocycles. The number of anilines is 1. The molecule has 1 aliphatic heterocycles. The van der Waals surface area contributed by atoms with Gasteiger partial charge in [0.25, 0.3) is 5.91 Å². The van der Waals surface area contributed by atoms with Crippen LogP contribution in [-0.2, 0) is 19.0 Å². The average molecular weight is 473 g/mol. The lowest BCUT2D eigenvalue weighted by atomic mass is 10.1. The number of aliphatic hydroxyl groups excluding tert-OH is 2. The average Bonchev–Trinajstić information content (AvgIpc) is 3.41. The molecule has 2 aromatic heterocycles. The molecule has 3 N–H and O–H groups in total. The molecule has 0 aliphatic carbocycles. The minimum absolute atomic E-state index is 0.152. The highest BCUT2D eigenvalue weighted by molar-refractivity contribution is 6.06. The molecule has 1 fully saturated rings. The fraction of sp³-hybridized carbons (Fsp3) is 0.381. The number of fused-ring (bicyclic) bond motifs is 1. The van der Waals surface area contributed by atoms with Crippen molar-refractivity contribution in [3.63, 3.8) is 0 Å². The first kappa shape index (κ1) is 23.5. The Labute approximate surface area is 193 Å². The van der Waals surface area contributed by atoms with Gasteiger partial charge in [0.2, 0.25) is 0 Å².